The number of allylic oxidation sites excluding steroid dienone is 1. The predicted octanol–water partition coefficient (Wildman–Crippen LogP) is 3.45. The number of urea groups is 1. The minimum absolute atomic E-state index is 0.259. The van der Waals surface area contributed by atoms with Gasteiger partial charge in [0.15, 0.2) is 5.92 Å². The molecule has 3 rings (SSSR count). The number of rotatable bonds is 5. The summed E-state index contributed by atoms with van der Waals surface area (Å²) in [6, 6.07) is 6.24. The van der Waals surface area contributed by atoms with Gasteiger partial charge in [-0.15, -0.1) is 16.8 Å². The fraction of sp³-hybridized carbons (Fsp3) is 0.368. The van der Waals surface area contributed by atoms with Gasteiger partial charge >= 0.3 is 11.9 Å². The van der Waals surface area contributed by atoms with Crippen LogP contribution in [-0.4, -0.2) is 47.6 Å². The maximum absolute atomic E-state index is 14.0. The zero-order valence-corrected chi connectivity index (χ0v) is 15.8. The number of hydrogen-bond acceptors (Lipinski definition) is 4. The van der Waals surface area contributed by atoms with E-state index in [-0.39, 0.29) is 11.7 Å². The second-order valence-electron chi connectivity index (χ2n) is 6.31. The number of amidine groups is 1. The van der Waals surface area contributed by atoms with Gasteiger partial charge in [0, 0.05) is 10.7 Å². The summed E-state index contributed by atoms with van der Waals surface area (Å²) in [6.45, 7) is 2.06. The van der Waals surface area contributed by atoms with Crippen molar-refractivity contribution in [2.45, 2.75) is 25.5 Å². The SMILES string of the molecule is CCCC1=C(SCc2ccccc2F)C2C(=O)N(C)C(=O)[N+](C)=C2N=C1. The second-order valence-corrected chi connectivity index (χ2v) is 7.33. The number of amides is 3. The number of carbonyl (C=O) groups excluding carboxylic acids is 2. The van der Waals surface area contributed by atoms with Crippen LogP contribution in [0.2, 0.25) is 0 Å². The largest absolute Gasteiger partial charge is 0.445 e. The third-order valence-corrected chi connectivity index (χ3v) is 5.81. The molecule has 0 aliphatic carbocycles. The molecule has 0 radical (unpaired) electrons. The topological polar surface area (TPSA) is 52.8 Å². The Hall–Kier alpha value is -2.28. The average molecular weight is 374 g/mol. The van der Waals surface area contributed by atoms with Crippen LogP contribution in [0.15, 0.2) is 39.7 Å². The van der Waals surface area contributed by atoms with Crippen molar-refractivity contribution in [1.82, 2.24) is 4.90 Å². The van der Waals surface area contributed by atoms with Gasteiger partial charge in [-0.2, -0.15) is 9.48 Å². The van der Waals surface area contributed by atoms with Gasteiger partial charge < -0.3 is 0 Å². The highest BCUT2D eigenvalue weighted by Crippen LogP contribution is 2.37. The van der Waals surface area contributed by atoms with Crippen LogP contribution >= 0.6 is 11.8 Å². The number of dihydropyridines is 1. The molecule has 1 aromatic rings. The molecule has 26 heavy (non-hydrogen) atoms. The fourth-order valence-corrected chi connectivity index (χ4v) is 4.36. The van der Waals surface area contributed by atoms with Crippen molar-refractivity contribution < 1.29 is 18.6 Å². The lowest BCUT2D eigenvalue weighted by molar-refractivity contribution is -0.407. The van der Waals surface area contributed by atoms with E-state index in [1.807, 2.05) is 0 Å². The van der Waals surface area contributed by atoms with E-state index in [0.29, 0.717) is 17.2 Å². The monoisotopic (exact) mass is 374 g/mol. The Morgan fingerprint density at radius 1 is 1.31 bits per heavy atom. The first kappa shape index (κ1) is 18.5. The third-order valence-electron chi connectivity index (χ3n) is 4.54. The molecule has 0 saturated heterocycles. The maximum atomic E-state index is 14.0. The van der Waals surface area contributed by atoms with Gasteiger partial charge in [0.2, 0.25) is 0 Å². The summed E-state index contributed by atoms with van der Waals surface area (Å²) in [5, 5.41) is 0. The molecular weight excluding hydrogens is 353 g/mol. The molecule has 136 valence electrons. The predicted molar refractivity (Wildman–Crippen MR) is 101 cm³/mol. The van der Waals surface area contributed by atoms with Crippen LogP contribution in [-0.2, 0) is 10.5 Å². The van der Waals surface area contributed by atoms with Gasteiger partial charge in [-0.1, -0.05) is 31.5 Å². The molecule has 7 heteroatoms. The molecule has 3 amide bonds. The number of halogens is 1. The third kappa shape index (κ3) is 3.23. The standard InChI is InChI=1S/C19H21FN3O2S/c1-4-7-12-10-21-17-15(18(24)23(3)19(25)22(17)2)16(12)26-11-13-8-5-6-9-14(13)20/h5-6,8-10,15H,4,7,11H2,1-3H3/q+1. The maximum Gasteiger partial charge on any atom is 0.445 e. The normalized spacial score (nSPS) is 20.2. The summed E-state index contributed by atoms with van der Waals surface area (Å²) in [4.78, 5) is 31.4. The average Bonchev–Trinajstić information content (AvgIpc) is 2.64. The summed E-state index contributed by atoms with van der Waals surface area (Å²) in [7, 11) is 3.10. The minimum Gasteiger partial charge on any atom is -0.255 e. The molecule has 1 unspecified atom stereocenters. The Balaban J connectivity index is 2.00. The molecule has 1 aromatic carbocycles. The van der Waals surface area contributed by atoms with E-state index in [1.54, 1.807) is 31.5 Å². The molecule has 0 spiro atoms. The van der Waals surface area contributed by atoms with Gasteiger partial charge in [0.25, 0.3) is 5.84 Å². The first-order valence-corrected chi connectivity index (χ1v) is 9.49. The van der Waals surface area contributed by atoms with Crippen molar-refractivity contribution in [1.29, 1.82) is 0 Å². The summed E-state index contributed by atoms with van der Waals surface area (Å²) in [6.07, 6.45) is 3.43. The number of aliphatic imine (C=N–C) groups is 1. The Bertz CT molecular complexity index is 860. The van der Waals surface area contributed by atoms with Gasteiger partial charge in [-0.25, -0.2) is 9.18 Å². The smallest absolute Gasteiger partial charge is 0.255 e. The highest BCUT2D eigenvalue weighted by molar-refractivity contribution is 8.02. The lowest BCUT2D eigenvalue weighted by Gasteiger charge is -2.28. The molecule has 2 heterocycles. The Morgan fingerprint density at radius 2 is 2.04 bits per heavy atom. The first-order chi connectivity index (χ1) is 12.5. The number of thioether (sulfide) groups is 1. The highest BCUT2D eigenvalue weighted by atomic mass is 32.2. The van der Waals surface area contributed by atoms with Crippen LogP contribution < -0.4 is 0 Å². The lowest BCUT2D eigenvalue weighted by atomic mass is 9.96. The first-order valence-electron chi connectivity index (χ1n) is 8.51. The van der Waals surface area contributed by atoms with Crippen LogP contribution in [0.25, 0.3) is 0 Å². The van der Waals surface area contributed by atoms with E-state index in [2.05, 4.69) is 11.9 Å². The van der Waals surface area contributed by atoms with Gasteiger partial charge in [0.1, 0.15) is 12.0 Å². The van der Waals surface area contributed by atoms with Crippen molar-refractivity contribution in [2.75, 3.05) is 14.1 Å². The van der Waals surface area contributed by atoms with Crippen molar-refractivity contribution in [3.8, 4) is 0 Å². The van der Waals surface area contributed by atoms with Crippen molar-refractivity contribution in [3.63, 3.8) is 0 Å². The van der Waals surface area contributed by atoms with E-state index in [0.717, 1.165) is 28.2 Å². The van der Waals surface area contributed by atoms with Crippen LogP contribution in [0, 0.1) is 11.7 Å². The van der Waals surface area contributed by atoms with E-state index in [9.17, 15) is 14.0 Å². The number of benzene rings is 1. The summed E-state index contributed by atoms with van der Waals surface area (Å²) >= 11 is 1.45. The molecule has 2 aliphatic heterocycles. The van der Waals surface area contributed by atoms with E-state index in [1.165, 1.54) is 29.5 Å². The minimum atomic E-state index is -0.606. The number of hydrogen-bond donors (Lipinski definition) is 0. The van der Waals surface area contributed by atoms with E-state index >= 15 is 0 Å². The van der Waals surface area contributed by atoms with Gasteiger partial charge in [-0.3, -0.25) is 4.79 Å². The number of fused-ring (bicyclic) bond motifs is 1. The number of carbonyl (C=O) groups is 2. The van der Waals surface area contributed by atoms with E-state index in [4.69, 9.17) is 0 Å². The Kier molecular flexibility index (Phi) is 5.36. The van der Waals surface area contributed by atoms with Crippen LogP contribution in [0.5, 0.6) is 0 Å². The van der Waals surface area contributed by atoms with Crippen LogP contribution in [0.1, 0.15) is 25.3 Å². The molecule has 0 fully saturated rings. The van der Waals surface area contributed by atoms with Gasteiger partial charge in [0.05, 0.1) is 14.1 Å². The molecule has 0 bridgehead atoms. The zero-order chi connectivity index (χ0) is 18.8. The van der Waals surface area contributed by atoms with Crippen molar-refractivity contribution >= 4 is 35.8 Å². The lowest BCUT2D eigenvalue weighted by Crippen LogP contribution is -2.52. The quantitative estimate of drug-likeness (QED) is 0.742. The van der Waals surface area contributed by atoms with E-state index < -0.39 is 11.9 Å². The number of imide groups is 1. The molecule has 1 atom stereocenters. The molecule has 0 N–H and O–H groups in total. The number of nitrogens with zero attached hydrogens (tertiary/aromatic N) is 3. The molecule has 2 aliphatic rings. The van der Waals surface area contributed by atoms with Crippen LogP contribution in [0.4, 0.5) is 9.18 Å². The zero-order valence-electron chi connectivity index (χ0n) is 15.0. The summed E-state index contributed by atoms with van der Waals surface area (Å²) in [5.74, 6) is -0.295. The fourth-order valence-electron chi connectivity index (χ4n) is 3.10. The summed E-state index contributed by atoms with van der Waals surface area (Å²) in [5.41, 5.74) is 1.57. The molecule has 0 saturated carbocycles. The van der Waals surface area contributed by atoms with Crippen LogP contribution in [0.3, 0.4) is 0 Å². The molecule has 5 nitrogen and oxygen atoms in total. The Morgan fingerprint density at radius 3 is 2.73 bits per heavy atom. The van der Waals surface area contributed by atoms with Gasteiger partial charge in [-0.05, 0) is 23.6 Å². The summed E-state index contributed by atoms with van der Waals surface area (Å²) < 4.78 is 15.4. The highest BCUT2D eigenvalue weighted by Gasteiger charge is 2.48. The van der Waals surface area contributed by atoms with Crippen molar-refractivity contribution in [2.24, 2.45) is 10.9 Å². The molecular formula is C19H21FN3O2S+. The second kappa shape index (κ2) is 7.53. The Labute approximate surface area is 156 Å². The molecule has 0 aromatic heterocycles. The van der Waals surface area contributed by atoms with Crippen molar-refractivity contribution in [3.05, 3.63) is 46.1 Å².